The molecule has 2 saturated heterocycles. The molecule has 28 heavy (non-hydrogen) atoms. The van der Waals surface area contributed by atoms with Crippen LogP contribution in [0.3, 0.4) is 0 Å². The number of hydrogen-bond donors (Lipinski definition) is 0. The third-order valence-corrected chi connectivity index (χ3v) is 5.22. The number of hydrogen-bond acceptors (Lipinski definition) is 9. The second kappa shape index (κ2) is 7.51. The fourth-order valence-corrected chi connectivity index (χ4v) is 3.66. The van der Waals surface area contributed by atoms with E-state index in [9.17, 15) is 0 Å². The molecule has 5 rings (SSSR count). The van der Waals surface area contributed by atoms with Crippen LogP contribution >= 0.6 is 0 Å². The third-order valence-electron chi connectivity index (χ3n) is 5.22. The maximum Gasteiger partial charge on any atom is 0.180 e. The highest BCUT2D eigenvalue weighted by Crippen LogP contribution is 2.22. The van der Waals surface area contributed by atoms with Crippen LogP contribution < -0.4 is 14.7 Å². The molecule has 9 heteroatoms. The number of ether oxygens (including phenoxy) is 1. The summed E-state index contributed by atoms with van der Waals surface area (Å²) >= 11 is 0. The van der Waals surface area contributed by atoms with Crippen molar-refractivity contribution >= 4 is 28.6 Å². The summed E-state index contributed by atoms with van der Waals surface area (Å²) in [5.41, 5.74) is 1.51. The van der Waals surface area contributed by atoms with Crippen LogP contribution in [0.4, 0.5) is 17.5 Å². The zero-order chi connectivity index (χ0) is 18.8. The Morgan fingerprint density at radius 1 is 0.679 bits per heavy atom. The van der Waals surface area contributed by atoms with Gasteiger partial charge in [-0.1, -0.05) is 0 Å². The molecule has 0 radical (unpaired) electrons. The van der Waals surface area contributed by atoms with Gasteiger partial charge in [0.1, 0.15) is 29.3 Å². The van der Waals surface area contributed by atoms with E-state index in [1.54, 1.807) is 18.7 Å². The Labute approximate surface area is 163 Å². The molecule has 2 aliphatic rings. The Kier molecular flexibility index (Phi) is 4.58. The fraction of sp³-hybridized carbons (Fsp3) is 0.421. The molecule has 3 aromatic heterocycles. The zero-order valence-corrected chi connectivity index (χ0v) is 15.6. The second-order valence-electron chi connectivity index (χ2n) is 6.88. The van der Waals surface area contributed by atoms with Gasteiger partial charge in [0.25, 0.3) is 0 Å². The van der Waals surface area contributed by atoms with Crippen molar-refractivity contribution in [2.24, 2.45) is 0 Å². The maximum absolute atomic E-state index is 5.43. The van der Waals surface area contributed by atoms with Crippen molar-refractivity contribution in [3.8, 4) is 0 Å². The van der Waals surface area contributed by atoms with Gasteiger partial charge in [-0.15, -0.1) is 0 Å². The fourth-order valence-electron chi connectivity index (χ4n) is 3.66. The summed E-state index contributed by atoms with van der Waals surface area (Å²) in [5.74, 6) is 2.91. The van der Waals surface area contributed by atoms with E-state index < -0.39 is 0 Å². The highest BCUT2D eigenvalue weighted by atomic mass is 16.5. The smallest absolute Gasteiger partial charge is 0.180 e. The first-order valence-electron chi connectivity index (χ1n) is 9.59. The van der Waals surface area contributed by atoms with Crippen molar-refractivity contribution in [3.63, 3.8) is 0 Å². The molecule has 2 fully saturated rings. The molecule has 0 aromatic carbocycles. The molecule has 0 bridgehead atoms. The lowest BCUT2D eigenvalue weighted by atomic mass is 10.3. The van der Waals surface area contributed by atoms with Crippen molar-refractivity contribution in [1.29, 1.82) is 0 Å². The first kappa shape index (κ1) is 17.1. The molecular formula is C19H22N8O. The monoisotopic (exact) mass is 378 g/mol. The van der Waals surface area contributed by atoms with E-state index in [1.807, 2.05) is 12.1 Å². The summed E-state index contributed by atoms with van der Waals surface area (Å²) in [4.78, 5) is 29.1. The molecule has 0 unspecified atom stereocenters. The molecule has 5 heterocycles. The number of morpholine rings is 1. The van der Waals surface area contributed by atoms with Crippen LogP contribution in [0.15, 0.2) is 36.9 Å². The molecule has 9 nitrogen and oxygen atoms in total. The number of pyridine rings is 1. The van der Waals surface area contributed by atoms with Crippen molar-refractivity contribution in [2.45, 2.75) is 0 Å². The van der Waals surface area contributed by atoms with Gasteiger partial charge in [0, 0.05) is 57.7 Å². The normalized spacial score (nSPS) is 17.9. The summed E-state index contributed by atoms with van der Waals surface area (Å²) < 4.78 is 5.43. The van der Waals surface area contributed by atoms with Gasteiger partial charge in [-0.3, -0.25) is 4.98 Å². The topological polar surface area (TPSA) is 83.4 Å². The van der Waals surface area contributed by atoms with Crippen molar-refractivity contribution < 1.29 is 4.74 Å². The summed E-state index contributed by atoms with van der Waals surface area (Å²) in [6.07, 6.45) is 5.03. The average Bonchev–Trinajstić information content (AvgIpc) is 2.79. The molecule has 0 amide bonds. The van der Waals surface area contributed by atoms with Gasteiger partial charge in [-0.05, 0) is 12.1 Å². The number of piperazine rings is 1. The molecule has 144 valence electrons. The van der Waals surface area contributed by atoms with E-state index >= 15 is 0 Å². The molecule has 3 aromatic rings. The highest BCUT2D eigenvalue weighted by Gasteiger charge is 2.21. The third kappa shape index (κ3) is 3.40. The number of nitrogens with zero attached hydrogens (tertiary/aromatic N) is 8. The molecule has 0 atom stereocenters. The van der Waals surface area contributed by atoms with Crippen LogP contribution in [0.25, 0.3) is 11.2 Å². The summed E-state index contributed by atoms with van der Waals surface area (Å²) in [6.45, 7) is 6.80. The Morgan fingerprint density at radius 2 is 1.32 bits per heavy atom. The number of aromatic nitrogens is 5. The van der Waals surface area contributed by atoms with Gasteiger partial charge < -0.3 is 19.4 Å². The van der Waals surface area contributed by atoms with Crippen LogP contribution in [0, 0.1) is 0 Å². The van der Waals surface area contributed by atoms with Gasteiger partial charge >= 0.3 is 0 Å². The van der Waals surface area contributed by atoms with E-state index in [2.05, 4.69) is 45.7 Å². The lowest BCUT2D eigenvalue weighted by molar-refractivity contribution is 0.122. The first-order chi connectivity index (χ1) is 13.9. The minimum Gasteiger partial charge on any atom is -0.378 e. The van der Waals surface area contributed by atoms with Gasteiger partial charge in [0.15, 0.2) is 5.65 Å². The number of fused-ring (bicyclic) bond motifs is 1. The molecular weight excluding hydrogens is 356 g/mol. The van der Waals surface area contributed by atoms with Crippen LogP contribution in [0.5, 0.6) is 0 Å². The maximum atomic E-state index is 5.43. The predicted molar refractivity (Wildman–Crippen MR) is 107 cm³/mol. The van der Waals surface area contributed by atoms with Crippen LogP contribution in [-0.2, 0) is 4.74 Å². The molecule has 0 N–H and O–H groups in total. The Hall–Kier alpha value is -3.07. The van der Waals surface area contributed by atoms with Gasteiger partial charge in [0.2, 0.25) is 0 Å². The Bertz CT molecular complexity index is 953. The molecule has 0 aliphatic carbocycles. The summed E-state index contributed by atoms with van der Waals surface area (Å²) in [7, 11) is 0. The number of rotatable bonds is 3. The number of anilines is 3. The lowest BCUT2D eigenvalue weighted by Gasteiger charge is -2.36. The summed E-state index contributed by atoms with van der Waals surface area (Å²) in [6, 6.07) is 6.09. The highest BCUT2D eigenvalue weighted by molar-refractivity contribution is 5.71. The van der Waals surface area contributed by atoms with E-state index in [0.29, 0.717) is 5.65 Å². The van der Waals surface area contributed by atoms with Crippen LogP contribution in [0.1, 0.15) is 0 Å². The van der Waals surface area contributed by atoms with Crippen molar-refractivity contribution in [1.82, 2.24) is 24.9 Å². The van der Waals surface area contributed by atoms with E-state index in [-0.39, 0.29) is 0 Å². The average molecular weight is 378 g/mol. The van der Waals surface area contributed by atoms with E-state index in [1.165, 1.54) is 0 Å². The minimum absolute atomic E-state index is 0.688. The second-order valence-corrected chi connectivity index (χ2v) is 6.88. The Balaban J connectivity index is 1.27. The predicted octanol–water partition coefficient (Wildman–Crippen LogP) is 0.978. The summed E-state index contributed by atoms with van der Waals surface area (Å²) in [5, 5.41) is 0. The van der Waals surface area contributed by atoms with E-state index in [0.717, 1.165) is 75.5 Å². The van der Waals surface area contributed by atoms with E-state index in [4.69, 9.17) is 4.74 Å². The minimum atomic E-state index is 0.688. The first-order valence-corrected chi connectivity index (χ1v) is 9.59. The van der Waals surface area contributed by atoms with Crippen molar-refractivity contribution in [3.05, 3.63) is 36.9 Å². The van der Waals surface area contributed by atoms with Gasteiger partial charge in [-0.25, -0.2) is 19.9 Å². The zero-order valence-electron chi connectivity index (χ0n) is 15.6. The lowest BCUT2D eigenvalue weighted by Crippen LogP contribution is -2.47. The largest absolute Gasteiger partial charge is 0.378 e. The van der Waals surface area contributed by atoms with Crippen molar-refractivity contribution in [2.75, 3.05) is 67.2 Å². The molecule has 2 aliphatic heterocycles. The molecule has 0 spiro atoms. The van der Waals surface area contributed by atoms with Crippen LogP contribution in [0.2, 0.25) is 0 Å². The quantitative estimate of drug-likeness (QED) is 0.662. The van der Waals surface area contributed by atoms with Crippen LogP contribution in [-0.4, -0.2) is 77.4 Å². The SMILES string of the molecule is c1nc(N2CCOCC2)cc(N2CCN(c3ccc4nccnc4n3)CC2)n1. The standard InChI is InChI=1S/C19H22N8O/c1-2-16(24-19-15(1)20-3-4-21-19)25-5-7-26(8-6-25)17-13-18(23-14-22-17)27-9-11-28-12-10-27/h1-4,13-14H,5-12H2. The van der Waals surface area contributed by atoms with Gasteiger partial charge in [0.05, 0.1) is 13.2 Å². The Morgan fingerprint density at radius 3 is 2.07 bits per heavy atom. The van der Waals surface area contributed by atoms with Gasteiger partial charge in [-0.2, -0.15) is 0 Å². The molecule has 0 saturated carbocycles.